The number of hydrogen-bond acceptors (Lipinski definition) is 4. The van der Waals surface area contributed by atoms with Crippen molar-refractivity contribution < 1.29 is 16.8 Å². The van der Waals surface area contributed by atoms with Crippen molar-refractivity contribution in [2.45, 2.75) is 22.3 Å². The first-order valence-electron chi connectivity index (χ1n) is 8.42. The molecule has 2 aromatic rings. The zero-order valence-electron chi connectivity index (χ0n) is 13.8. The van der Waals surface area contributed by atoms with E-state index in [1.54, 1.807) is 60.7 Å². The van der Waals surface area contributed by atoms with Crippen LogP contribution in [0.4, 0.5) is 0 Å². The van der Waals surface area contributed by atoms with E-state index in [0.29, 0.717) is 24.0 Å². The molecule has 0 amide bonds. The third-order valence-electron chi connectivity index (χ3n) is 5.97. The van der Waals surface area contributed by atoms with Gasteiger partial charge in [-0.25, -0.2) is 16.8 Å². The molecule has 6 heteroatoms. The predicted molar refractivity (Wildman–Crippen MR) is 101 cm³/mol. The molecule has 3 aliphatic rings. The molecule has 26 heavy (non-hydrogen) atoms. The molecule has 0 saturated heterocycles. The summed E-state index contributed by atoms with van der Waals surface area (Å²) in [7, 11) is -7.37. The van der Waals surface area contributed by atoms with Gasteiger partial charge in [0.05, 0.1) is 9.81 Å². The van der Waals surface area contributed by atoms with Crippen molar-refractivity contribution in [2.75, 3.05) is 0 Å². The number of hydrogen-bond donors (Lipinski definition) is 0. The molecule has 4 nitrogen and oxygen atoms in total. The molecule has 1 fully saturated rings. The lowest BCUT2D eigenvalue weighted by Crippen LogP contribution is -2.74. The first kappa shape index (κ1) is 16.0. The van der Waals surface area contributed by atoms with Gasteiger partial charge in [-0.2, -0.15) is 0 Å². The lowest BCUT2D eigenvalue weighted by atomic mass is 9.69. The quantitative estimate of drug-likeness (QED) is 0.797. The predicted octanol–water partition coefficient (Wildman–Crippen LogP) is 3.20. The lowest BCUT2D eigenvalue weighted by Gasteiger charge is -2.62. The average Bonchev–Trinajstić information content (AvgIpc) is 2.61. The SMILES string of the molecule is O=S1(=O)C(c2ccccc2)=C[C@@]12CC[C@]21C=C(c2ccccc2)S1(=O)=O. The molecule has 1 saturated carbocycles. The van der Waals surface area contributed by atoms with Crippen LogP contribution in [-0.2, 0) is 19.7 Å². The van der Waals surface area contributed by atoms with Crippen LogP contribution >= 0.6 is 0 Å². The van der Waals surface area contributed by atoms with Gasteiger partial charge in [0.1, 0.15) is 9.49 Å². The minimum atomic E-state index is -3.69. The maximum atomic E-state index is 13.1. The third-order valence-corrected chi connectivity index (χ3v) is 11.3. The molecule has 5 rings (SSSR count). The van der Waals surface area contributed by atoms with E-state index in [1.165, 1.54) is 0 Å². The molecule has 2 atom stereocenters. The summed E-state index contributed by atoms with van der Waals surface area (Å²) in [6.45, 7) is 0. The van der Waals surface area contributed by atoms with Crippen molar-refractivity contribution in [1.29, 1.82) is 0 Å². The van der Waals surface area contributed by atoms with Crippen molar-refractivity contribution in [2.24, 2.45) is 0 Å². The highest BCUT2D eigenvalue weighted by Gasteiger charge is 2.78. The maximum Gasteiger partial charge on any atom is 0.189 e. The van der Waals surface area contributed by atoms with Gasteiger partial charge >= 0.3 is 0 Å². The Bertz CT molecular complexity index is 1100. The van der Waals surface area contributed by atoms with E-state index in [1.807, 2.05) is 12.1 Å². The van der Waals surface area contributed by atoms with Gasteiger partial charge < -0.3 is 0 Å². The van der Waals surface area contributed by atoms with Crippen molar-refractivity contribution in [3.8, 4) is 0 Å². The summed E-state index contributed by atoms with van der Waals surface area (Å²) in [5, 5.41) is 0. The van der Waals surface area contributed by atoms with Crippen LogP contribution in [-0.4, -0.2) is 26.3 Å². The van der Waals surface area contributed by atoms with Crippen LogP contribution in [0, 0.1) is 0 Å². The molecule has 1 aliphatic carbocycles. The first-order chi connectivity index (χ1) is 12.4. The number of fused-ring (bicyclic) bond motifs is 1. The van der Waals surface area contributed by atoms with E-state index in [-0.39, 0.29) is 9.81 Å². The number of sulfone groups is 2. The second-order valence-electron chi connectivity index (χ2n) is 7.04. The van der Waals surface area contributed by atoms with Crippen LogP contribution in [0.5, 0.6) is 0 Å². The van der Waals surface area contributed by atoms with Gasteiger partial charge in [0.25, 0.3) is 0 Å². The minimum Gasteiger partial charge on any atom is -0.223 e. The van der Waals surface area contributed by atoms with Crippen LogP contribution < -0.4 is 0 Å². The van der Waals surface area contributed by atoms with Crippen LogP contribution in [0.15, 0.2) is 72.8 Å². The summed E-state index contributed by atoms with van der Waals surface area (Å²) in [5.74, 6) is 0. The van der Waals surface area contributed by atoms with E-state index >= 15 is 0 Å². The molecule has 0 N–H and O–H groups in total. The van der Waals surface area contributed by atoms with Crippen LogP contribution in [0.2, 0.25) is 0 Å². The van der Waals surface area contributed by atoms with Crippen molar-refractivity contribution >= 4 is 29.5 Å². The Morgan fingerprint density at radius 3 is 1.19 bits per heavy atom. The monoisotopic (exact) mass is 384 g/mol. The number of benzene rings is 2. The molecule has 0 unspecified atom stereocenters. The van der Waals surface area contributed by atoms with Crippen LogP contribution in [0.1, 0.15) is 24.0 Å². The summed E-state index contributed by atoms with van der Waals surface area (Å²) in [4.78, 5) is 0.489. The Kier molecular flexibility index (Phi) is 2.93. The van der Waals surface area contributed by atoms with Gasteiger partial charge in [-0.15, -0.1) is 0 Å². The highest BCUT2D eigenvalue weighted by atomic mass is 32.2. The van der Waals surface area contributed by atoms with Crippen molar-refractivity contribution in [3.05, 3.63) is 83.9 Å². The van der Waals surface area contributed by atoms with Crippen LogP contribution in [0.3, 0.4) is 0 Å². The highest BCUT2D eigenvalue weighted by Crippen LogP contribution is 2.68. The van der Waals surface area contributed by atoms with Gasteiger partial charge in [0.2, 0.25) is 0 Å². The van der Waals surface area contributed by atoms with Gasteiger partial charge in [-0.05, 0) is 36.1 Å². The first-order valence-corrected chi connectivity index (χ1v) is 11.4. The van der Waals surface area contributed by atoms with Crippen molar-refractivity contribution in [3.63, 3.8) is 0 Å². The molecule has 2 spiro atoms. The lowest BCUT2D eigenvalue weighted by molar-refractivity contribution is 0.317. The van der Waals surface area contributed by atoms with E-state index in [4.69, 9.17) is 0 Å². The molecular formula is C20H16O4S2. The molecule has 0 bridgehead atoms. The molecule has 2 aromatic carbocycles. The third kappa shape index (κ3) is 1.56. The topological polar surface area (TPSA) is 68.3 Å². The summed E-state index contributed by atoms with van der Waals surface area (Å²) < 4.78 is 49.9. The molecule has 0 radical (unpaired) electrons. The van der Waals surface area contributed by atoms with E-state index in [0.717, 1.165) is 0 Å². The number of rotatable bonds is 2. The highest BCUT2D eigenvalue weighted by molar-refractivity contribution is 8.08. The van der Waals surface area contributed by atoms with Crippen LogP contribution in [0.25, 0.3) is 9.81 Å². The Hall–Kier alpha value is -2.18. The summed E-state index contributed by atoms with van der Waals surface area (Å²) in [6, 6.07) is 17.7. The zero-order chi connectivity index (χ0) is 18.2. The average molecular weight is 384 g/mol. The fourth-order valence-corrected chi connectivity index (χ4v) is 9.62. The van der Waals surface area contributed by atoms with Gasteiger partial charge in [0, 0.05) is 0 Å². The molecule has 0 aromatic heterocycles. The summed E-state index contributed by atoms with van der Waals surface area (Å²) >= 11 is 0. The van der Waals surface area contributed by atoms with Gasteiger partial charge in [-0.3, -0.25) is 0 Å². The second kappa shape index (κ2) is 4.75. The molecule has 2 aliphatic heterocycles. The maximum absolute atomic E-state index is 13.1. The second-order valence-corrected chi connectivity index (χ2v) is 11.4. The largest absolute Gasteiger partial charge is 0.223 e. The van der Waals surface area contributed by atoms with Gasteiger partial charge in [-0.1, -0.05) is 60.7 Å². The Morgan fingerprint density at radius 1 is 0.577 bits per heavy atom. The standard InChI is InChI=1S/C20H16O4S2/c21-25(22)17(15-7-3-1-4-8-15)13-19(25)11-12-20(19)14-18(26(20,23)24)16-9-5-2-6-10-16/h1-10,13-14H,11-12H2/t19-,20+. The van der Waals surface area contributed by atoms with E-state index in [2.05, 4.69) is 0 Å². The summed E-state index contributed by atoms with van der Waals surface area (Å²) in [6.07, 6.45) is 4.03. The van der Waals surface area contributed by atoms with E-state index in [9.17, 15) is 16.8 Å². The zero-order valence-corrected chi connectivity index (χ0v) is 15.4. The molecule has 132 valence electrons. The smallest absolute Gasteiger partial charge is 0.189 e. The molecular weight excluding hydrogens is 368 g/mol. The fraction of sp³-hybridized carbons (Fsp3) is 0.200. The molecule has 2 heterocycles. The van der Waals surface area contributed by atoms with Gasteiger partial charge in [0.15, 0.2) is 19.7 Å². The van der Waals surface area contributed by atoms with Crippen molar-refractivity contribution in [1.82, 2.24) is 0 Å². The minimum absolute atomic E-state index is 0.244. The van der Waals surface area contributed by atoms with E-state index < -0.39 is 29.2 Å². The Balaban J connectivity index is 1.64. The fourth-order valence-electron chi connectivity index (χ4n) is 4.42. The Labute approximate surface area is 152 Å². The normalized spacial score (nSPS) is 32.8. The summed E-state index contributed by atoms with van der Waals surface area (Å²) in [5.41, 5.74) is 1.23. The Morgan fingerprint density at radius 2 is 0.923 bits per heavy atom.